The number of urea groups is 2. The minimum Gasteiger partial charge on any atom is -0.338 e. The molecule has 0 rings (SSSR count). The first-order chi connectivity index (χ1) is 9.20. The van der Waals surface area contributed by atoms with E-state index < -0.39 is 0 Å². The van der Waals surface area contributed by atoms with Crippen LogP contribution in [0.5, 0.6) is 0 Å². The van der Waals surface area contributed by atoms with E-state index in [2.05, 4.69) is 34.4 Å². The molecular formula is C11H28N4O2Si2. The van der Waals surface area contributed by atoms with Crippen molar-refractivity contribution < 1.29 is 9.59 Å². The summed E-state index contributed by atoms with van der Waals surface area (Å²) in [5.41, 5.74) is 0. The largest absolute Gasteiger partial charge is 0.338 e. The van der Waals surface area contributed by atoms with E-state index in [4.69, 9.17) is 0 Å². The molecule has 112 valence electrons. The van der Waals surface area contributed by atoms with Crippen LogP contribution >= 0.6 is 0 Å². The molecular weight excluding hydrogens is 276 g/mol. The highest BCUT2D eigenvalue weighted by Gasteiger charge is 2.01. The standard InChI is InChI=1S/C11H28N4O2Si2/c1-18-7-3-5-12-10(16)14-9-15-11(17)13-6-4-8-19-2/h3-9,18-19H2,1-2H3,(H2,12,14,16)(H2,13,15,17). The summed E-state index contributed by atoms with van der Waals surface area (Å²) in [6.45, 7) is 6.08. The zero-order chi connectivity index (χ0) is 14.3. The SMILES string of the molecule is C[SiH2]CCCNC(=O)NCNC(=O)NCCC[SiH2]C. The fraction of sp³-hybridized carbons (Fsp3) is 0.818. The minimum absolute atomic E-state index is 0.0955. The van der Waals surface area contributed by atoms with Gasteiger partial charge in [0.05, 0.1) is 6.67 Å². The van der Waals surface area contributed by atoms with E-state index in [0.29, 0.717) is 13.1 Å². The monoisotopic (exact) mass is 304 g/mol. The van der Waals surface area contributed by atoms with Gasteiger partial charge < -0.3 is 21.3 Å². The Morgan fingerprint density at radius 3 is 1.58 bits per heavy atom. The third kappa shape index (κ3) is 13.2. The van der Waals surface area contributed by atoms with E-state index >= 15 is 0 Å². The summed E-state index contributed by atoms with van der Waals surface area (Å²) >= 11 is 0. The zero-order valence-electron chi connectivity index (χ0n) is 12.2. The van der Waals surface area contributed by atoms with E-state index in [0.717, 1.165) is 12.8 Å². The highest BCUT2D eigenvalue weighted by Crippen LogP contribution is 1.85. The Kier molecular flexibility index (Phi) is 12.7. The van der Waals surface area contributed by atoms with Gasteiger partial charge in [-0.2, -0.15) is 0 Å². The molecule has 0 aliphatic heterocycles. The molecule has 0 fully saturated rings. The van der Waals surface area contributed by atoms with Gasteiger partial charge in [0.1, 0.15) is 0 Å². The van der Waals surface area contributed by atoms with Crippen LogP contribution in [0.4, 0.5) is 9.59 Å². The molecule has 4 N–H and O–H groups in total. The number of amides is 4. The first-order valence-corrected chi connectivity index (χ1v) is 12.1. The lowest BCUT2D eigenvalue weighted by Crippen LogP contribution is -2.46. The Bertz CT molecular complexity index is 231. The molecule has 0 bridgehead atoms. The fourth-order valence-electron chi connectivity index (χ4n) is 1.48. The number of rotatable bonds is 10. The van der Waals surface area contributed by atoms with Gasteiger partial charge in [-0.05, 0) is 12.8 Å². The van der Waals surface area contributed by atoms with E-state index in [1.54, 1.807) is 0 Å². The third-order valence-electron chi connectivity index (χ3n) is 2.63. The molecule has 0 aliphatic rings. The van der Waals surface area contributed by atoms with Crippen molar-refractivity contribution in [1.29, 1.82) is 0 Å². The maximum absolute atomic E-state index is 11.3. The van der Waals surface area contributed by atoms with Crippen molar-refractivity contribution in [2.45, 2.75) is 38.0 Å². The van der Waals surface area contributed by atoms with E-state index in [1.165, 1.54) is 12.1 Å². The Labute approximate surface area is 120 Å². The second kappa shape index (κ2) is 13.4. The summed E-state index contributed by atoms with van der Waals surface area (Å²) in [5.74, 6) is 0. The van der Waals surface area contributed by atoms with E-state index in [9.17, 15) is 9.59 Å². The lowest BCUT2D eigenvalue weighted by Gasteiger charge is -2.09. The van der Waals surface area contributed by atoms with Crippen molar-refractivity contribution in [2.75, 3.05) is 19.8 Å². The molecule has 0 aromatic rings. The highest BCUT2D eigenvalue weighted by molar-refractivity contribution is 6.33. The van der Waals surface area contributed by atoms with Crippen LogP contribution in [0.15, 0.2) is 0 Å². The first kappa shape index (κ1) is 18.0. The molecule has 0 atom stereocenters. The van der Waals surface area contributed by atoms with Crippen LogP contribution in [0.1, 0.15) is 12.8 Å². The number of hydrogen-bond acceptors (Lipinski definition) is 2. The van der Waals surface area contributed by atoms with Crippen LogP contribution in [0.3, 0.4) is 0 Å². The van der Waals surface area contributed by atoms with Crippen molar-refractivity contribution in [3.05, 3.63) is 0 Å². The summed E-state index contributed by atoms with van der Waals surface area (Å²) < 4.78 is 0. The Hall–Kier alpha value is -1.03. The van der Waals surface area contributed by atoms with Gasteiger partial charge in [-0.3, -0.25) is 0 Å². The van der Waals surface area contributed by atoms with Gasteiger partial charge in [0.2, 0.25) is 0 Å². The molecule has 0 aliphatic carbocycles. The van der Waals surface area contributed by atoms with E-state index in [1.807, 2.05) is 0 Å². The van der Waals surface area contributed by atoms with Gasteiger partial charge in [-0.25, -0.2) is 9.59 Å². The quantitative estimate of drug-likeness (QED) is 0.251. The van der Waals surface area contributed by atoms with Gasteiger partial charge in [-0.1, -0.05) is 25.2 Å². The minimum atomic E-state index is -0.227. The number of carbonyl (C=O) groups is 2. The lowest BCUT2D eigenvalue weighted by molar-refractivity contribution is 0.234. The molecule has 0 saturated carbocycles. The fourth-order valence-corrected chi connectivity index (χ4v) is 2.98. The highest BCUT2D eigenvalue weighted by atomic mass is 28.2. The van der Waals surface area contributed by atoms with Crippen molar-refractivity contribution in [1.82, 2.24) is 21.3 Å². The van der Waals surface area contributed by atoms with Crippen LogP contribution in [-0.2, 0) is 0 Å². The van der Waals surface area contributed by atoms with Crippen molar-refractivity contribution >= 4 is 31.1 Å². The molecule has 0 aromatic carbocycles. The maximum Gasteiger partial charge on any atom is 0.316 e. The summed E-state index contributed by atoms with van der Waals surface area (Å²) in [6, 6.07) is 2.05. The van der Waals surface area contributed by atoms with Gasteiger partial charge in [0.25, 0.3) is 0 Å². The van der Waals surface area contributed by atoms with Gasteiger partial charge in [-0.15, -0.1) is 0 Å². The van der Waals surface area contributed by atoms with Crippen LogP contribution in [0, 0.1) is 0 Å². The molecule has 0 unspecified atom stereocenters. The molecule has 0 radical (unpaired) electrons. The van der Waals surface area contributed by atoms with Crippen molar-refractivity contribution in [2.24, 2.45) is 0 Å². The van der Waals surface area contributed by atoms with Crippen LogP contribution in [-0.4, -0.2) is 50.9 Å². The Morgan fingerprint density at radius 2 is 1.21 bits per heavy atom. The first-order valence-electron chi connectivity index (χ1n) is 7.24. The second-order valence-electron chi connectivity index (χ2n) is 4.46. The number of nitrogens with one attached hydrogen (secondary N) is 4. The third-order valence-corrected chi connectivity index (χ3v) is 5.04. The van der Waals surface area contributed by atoms with Crippen molar-refractivity contribution in [3.63, 3.8) is 0 Å². The zero-order valence-corrected chi connectivity index (χ0v) is 15.0. The number of carbonyl (C=O) groups excluding carboxylic acids is 2. The second-order valence-corrected chi connectivity index (χ2v) is 7.87. The smallest absolute Gasteiger partial charge is 0.316 e. The average Bonchev–Trinajstić information content (AvgIpc) is 2.40. The molecule has 0 saturated heterocycles. The Balaban J connectivity index is 3.35. The maximum atomic E-state index is 11.3. The molecule has 4 amide bonds. The number of hydrogen-bond donors (Lipinski definition) is 4. The summed E-state index contributed by atoms with van der Waals surface area (Å²) in [7, 11) is 0.191. The Morgan fingerprint density at radius 1 is 0.789 bits per heavy atom. The van der Waals surface area contributed by atoms with Gasteiger partial charge >= 0.3 is 12.1 Å². The molecule has 19 heavy (non-hydrogen) atoms. The normalized spacial score (nSPS) is 11.1. The van der Waals surface area contributed by atoms with Crippen LogP contribution in [0.2, 0.25) is 25.2 Å². The van der Waals surface area contributed by atoms with Gasteiger partial charge in [0.15, 0.2) is 0 Å². The molecule has 8 heteroatoms. The topological polar surface area (TPSA) is 82.3 Å². The molecule has 0 aromatic heterocycles. The predicted molar refractivity (Wildman–Crippen MR) is 85.6 cm³/mol. The van der Waals surface area contributed by atoms with E-state index in [-0.39, 0.29) is 37.8 Å². The molecule has 6 nitrogen and oxygen atoms in total. The lowest BCUT2D eigenvalue weighted by atomic mass is 10.5. The van der Waals surface area contributed by atoms with Crippen LogP contribution in [0.25, 0.3) is 0 Å². The summed E-state index contributed by atoms with van der Waals surface area (Å²) in [4.78, 5) is 22.6. The molecule has 0 spiro atoms. The van der Waals surface area contributed by atoms with Gasteiger partial charge in [0, 0.05) is 32.1 Å². The summed E-state index contributed by atoms with van der Waals surface area (Å²) in [5, 5.41) is 10.7. The predicted octanol–water partition coefficient (Wildman–Crippen LogP) is -0.407. The molecule has 0 heterocycles. The average molecular weight is 305 g/mol. The van der Waals surface area contributed by atoms with Crippen molar-refractivity contribution in [3.8, 4) is 0 Å². The summed E-state index contributed by atoms with van der Waals surface area (Å²) in [6.07, 6.45) is 2.09. The van der Waals surface area contributed by atoms with Crippen LogP contribution < -0.4 is 21.3 Å².